The highest BCUT2D eigenvalue weighted by Crippen LogP contribution is 2.40. The second-order valence-electron chi connectivity index (χ2n) is 8.99. The van der Waals surface area contributed by atoms with E-state index in [9.17, 15) is 0 Å². The van der Waals surface area contributed by atoms with Crippen LogP contribution in [0, 0.1) is 0 Å². The van der Waals surface area contributed by atoms with Crippen molar-refractivity contribution in [3.05, 3.63) is 53.1 Å². The first-order valence-corrected chi connectivity index (χ1v) is 11.9. The molecule has 0 bridgehead atoms. The van der Waals surface area contributed by atoms with Crippen LogP contribution in [0.2, 0.25) is 0 Å². The first kappa shape index (κ1) is 22.9. The Morgan fingerprint density at radius 2 is 1.53 bits per heavy atom. The molecule has 4 rings (SSSR count). The van der Waals surface area contributed by atoms with E-state index in [1.807, 2.05) is 13.8 Å². The monoisotopic (exact) mass is 438 g/mol. The third-order valence-electron chi connectivity index (χ3n) is 6.51. The molecule has 32 heavy (non-hydrogen) atoms. The molecule has 2 aliphatic rings. The third-order valence-corrected chi connectivity index (χ3v) is 6.51. The normalized spacial score (nSPS) is 22.3. The van der Waals surface area contributed by atoms with Crippen LogP contribution in [0.5, 0.6) is 11.5 Å². The molecule has 1 fully saturated rings. The van der Waals surface area contributed by atoms with Gasteiger partial charge in [-0.2, -0.15) is 0 Å². The minimum atomic E-state index is 0.103. The number of hydrogen-bond acceptors (Lipinski definition) is 6. The van der Waals surface area contributed by atoms with E-state index >= 15 is 0 Å². The Kier molecular flexibility index (Phi) is 7.23. The van der Waals surface area contributed by atoms with Crippen molar-refractivity contribution in [1.82, 2.24) is 15.3 Å². The first-order chi connectivity index (χ1) is 15.5. The number of nitrogens with one attached hydrogen (secondary N) is 1. The van der Waals surface area contributed by atoms with Crippen LogP contribution >= 0.6 is 0 Å². The van der Waals surface area contributed by atoms with Crippen molar-refractivity contribution in [2.45, 2.75) is 39.3 Å². The molecule has 6 heteroatoms. The number of likely N-dealkylation sites (N-methyl/N-ethyl adjacent to an activating group) is 1. The van der Waals surface area contributed by atoms with Crippen LogP contribution in [0.1, 0.15) is 43.5 Å². The van der Waals surface area contributed by atoms with Gasteiger partial charge >= 0.3 is 0 Å². The van der Waals surface area contributed by atoms with Gasteiger partial charge < -0.3 is 19.3 Å². The first-order valence-electron chi connectivity index (χ1n) is 11.9. The zero-order valence-electron chi connectivity index (χ0n) is 20.2. The van der Waals surface area contributed by atoms with Crippen molar-refractivity contribution in [1.29, 1.82) is 0 Å². The molecule has 0 spiro atoms. The van der Waals surface area contributed by atoms with Crippen LogP contribution in [0.15, 0.2) is 36.4 Å². The van der Waals surface area contributed by atoms with Crippen molar-refractivity contribution >= 4 is 5.69 Å². The van der Waals surface area contributed by atoms with Gasteiger partial charge in [0.25, 0.3) is 0 Å². The van der Waals surface area contributed by atoms with Gasteiger partial charge in [0.05, 0.1) is 19.3 Å². The molecule has 6 nitrogen and oxygen atoms in total. The molecule has 1 N–H and O–H groups in total. The van der Waals surface area contributed by atoms with Gasteiger partial charge in [-0.3, -0.25) is 5.43 Å². The van der Waals surface area contributed by atoms with Gasteiger partial charge in [-0.1, -0.05) is 12.1 Å². The summed E-state index contributed by atoms with van der Waals surface area (Å²) in [5.74, 6) is 1.67. The van der Waals surface area contributed by atoms with E-state index in [1.54, 1.807) is 0 Å². The number of nitrogens with zero attached hydrogens (tertiary/aromatic N) is 3. The number of anilines is 1. The lowest BCUT2D eigenvalue weighted by Crippen LogP contribution is -2.44. The highest BCUT2D eigenvalue weighted by Gasteiger charge is 2.29. The van der Waals surface area contributed by atoms with Crippen LogP contribution in [0.25, 0.3) is 0 Å². The van der Waals surface area contributed by atoms with Gasteiger partial charge in [0, 0.05) is 45.0 Å². The van der Waals surface area contributed by atoms with E-state index in [1.165, 1.54) is 22.4 Å². The molecule has 2 aromatic carbocycles. The number of ether oxygens (including phenoxy) is 2. The summed E-state index contributed by atoms with van der Waals surface area (Å²) in [5, 5.41) is 2.25. The number of rotatable bonds is 6. The minimum Gasteiger partial charge on any atom is -0.490 e. The Labute approximate surface area is 193 Å². The maximum Gasteiger partial charge on any atom is 0.161 e. The number of hydrogen-bond donors (Lipinski definition) is 1. The maximum atomic E-state index is 5.98. The van der Waals surface area contributed by atoms with Crippen LogP contribution in [0.3, 0.4) is 0 Å². The fourth-order valence-electron chi connectivity index (χ4n) is 4.93. The highest BCUT2D eigenvalue weighted by atomic mass is 16.5. The van der Waals surface area contributed by atoms with Gasteiger partial charge in [0.1, 0.15) is 0 Å². The lowest BCUT2D eigenvalue weighted by Gasteiger charge is -2.34. The SMILES string of the molecule is CCOc1cc2c(cc1OCC)C(c1ccc(N3CCN(C)CC3)cc1)N(C)NC(C)C2. The Morgan fingerprint density at radius 1 is 0.906 bits per heavy atom. The van der Waals surface area contributed by atoms with E-state index in [0.29, 0.717) is 19.3 Å². The zero-order valence-corrected chi connectivity index (χ0v) is 20.2. The molecule has 0 aliphatic carbocycles. The summed E-state index contributed by atoms with van der Waals surface area (Å²) in [4.78, 5) is 4.87. The average molecular weight is 439 g/mol. The van der Waals surface area contributed by atoms with E-state index in [4.69, 9.17) is 9.47 Å². The summed E-state index contributed by atoms with van der Waals surface area (Å²) in [5.41, 5.74) is 8.84. The lowest BCUT2D eigenvalue weighted by molar-refractivity contribution is 0.172. The zero-order chi connectivity index (χ0) is 22.7. The molecule has 0 amide bonds. The second-order valence-corrected chi connectivity index (χ2v) is 8.99. The molecule has 2 aliphatic heterocycles. The third kappa shape index (κ3) is 4.87. The second kappa shape index (κ2) is 10.1. The Morgan fingerprint density at radius 3 is 2.16 bits per heavy atom. The summed E-state index contributed by atoms with van der Waals surface area (Å²) in [6, 6.07) is 13.9. The van der Waals surface area contributed by atoms with Crippen LogP contribution in [-0.4, -0.2) is 69.4 Å². The Hall–Kier alpha value is -2.28. The van der Waals surface area contributed by atoms with Gasteiger partial charge in [0.15, 0.2) is 11.5 Å². The van der Waals surface area contributed by atoms with Gasteiger partial charge in [-0.25, -0.2) is 5.01 Å². The molecule has 0 aromatic heterocycles. The predicted molar refractivity (Wildman–Crippen MR) is 131 cm³/mol. The van der Waals surface area contributed by atoms with Gasteiger partial charge in [-0.05, 0) is 75.2 Å². The number of piperazine rings is 1. The van der Waals surface area contributed by atoms with Crippen molar-refractivity contribution in [3.63, 3.8) is 0 Å². The van der Waals surface area contributed by atoms with Crippen LogP contribution < -0.4 is 19.8 Å². The predicted octanol–water partition coefficient (Wildman–Crippen LogP) is 3.71. The quantitative estimate of drug-likeness (QED) is 0.742. The number of fused-ring (bicyclic) bond motifs is 1. The molecular formula is C26H38N4O2. The molecule has 174 valence electrons. The van der Waals surface area contributed by atoms with Crippen molar-refractivity contribution in [2.24, 2.45) is 0 Å². The smallest absolute Gasteiger partial charge is 0.161 e. The fourth-order valence-corrected chi connectivity index (χ4v) is 4.93. The van der Waals surface area contributed by atoms with Crippen molar-refractivity contribution in [3.8, 4) is 11.5 Å². The van der Waals surface area contributed by atoms with Crippen molar-refractivity contribution in [2.75, 3.05) is 58.4 Å². The summed E-state index contributed by atoms with van der Waals surface area (Å²) in [6.07, 6.45) is 0.946. The van der Waals surface area contributed by atoms with E-state index in [-0.39, 0.29) is 6.04 Å². The Balaban J connectivity index is 1.69. The molecule has 2 aromatic rings. The average Bonchev–Trinajstić information content (AvgIpc) is 2.89. The standard InChI is InChI=1S/C26H38N4O2/c1-6-31-24-17-21-16-19(3)27-29(5)26(23(21)18-25(24)32-7-2)20-8-10-22(11-9-20)30-14-12-28(4)13-15-30/h8-11,17-19,26-27H,6-7,12-16H2,1-5H3. The van der Waals surface area contributed by atoms with E-state index in [2.05, 4.69) is 77.7 Å². The van der Waals surface area contributed by atoms with Crippen LogP contribution in [-0.2, 0) is 6.42 Å². The molecule has 1 saturated heterocycles. The summed E-state index contributed by atoms with van der Waals surface area (Å²) >= 11 is 0. The maximum absolute atomic E-state index is 5.98. The molecule has 2 atom stereocenters. The van der Waals surface area contributed by atoms with E-state index in [0.717, 1.165) is 44.1 Å². The van der Waals surface area contributed by atoms with Crippen molar-refractivity contribution < 1.29 is 9.47 Å². The van der Waals surface area contributed by atoms with Crippen LogP contribution in [0.4, 0.5) is 5.69 Å². The fraction of sp³-hybridized carbons (Fsp3) is 0.538. The topological polar surface area (TPSA) is 40.2 Å². The summed E-state index contributed by atoms with van der Waals surface area (Å²) in [7, 11) is 4.34. The number of benzene rings is 2. The summed E-state index contributed by atoms with van der Waals surface area (Å²) in [6.45, 7) is 11.9. The molecule has 0 radical (unpaired) electrons. The molecule has 0 saturated carbocycles. The molecular weight excluding hydrogens is 400 g/mol. The highest BCUT2D eigenvalue weighted by molar-refractivity contribution is 5.53. The molecule has 2 unspecified atom stereocenters. The largest absolute Gasteiger partial charge is 0.490 e. The van der Waals surface area contributed by atoms with E-state index < -0.39 is 0 Å². The lowest BCUT2D eigenvalue weighted by atomic mass is 9.91. The minimum absolute atomic E-state index is 0.103. The Bertz CT molecular complexity index is 893. The van der Waals surface area contributed by atoms with Gasteiger partial charge in [-0.15, -0.1) is 0 Å². The van der Waals surface area contributed by atoms with Gasteiger partial charge in [0.2, 0.25) is 0 Å². The number of hydrazine groups is 1. The summed E-state index contributed by atoms with van der Waals surface area (Å²) < 4.78 is 11.9. The molecule has 2 heterocycles.